The first-order valence-electron chi connectivity index (χ1n) is 10.2. The summed E-state index contributed by atoms with van der Waals surface area (Å²) in [7, 11) is -2.29. The van der Waals surface area contributed by atoms with Gasteiger partial charge in [0.25, 0.3) is 0 Å². The van der Waals surface area contributed by atoms with Crippen molar-refractivity contribution in [3.05, 3.63) is 47.4 Å². The first-order valence-corrected chi connectivity index (χ1v) is 12.0. The van der Waals surface area contributed by atoms with Crippen LogP contribution in [0.3, 0.4) is 0 Å². The van der Waals surface area contributed by atoms with E-state index in [4.69, 9.17) is 0 Å². The third-order valence-electron chi connectivity index (χ3n) is 4.82. The van der Waals surface area contributed by atoms with E-state index < -0.39 is 28.0 Å². The fraction of sp³-hybridized carbons (Fsp3) is 0.391. The number of aromatic nitrogens is 2. The predicted octanol–water partition coefficient (Wildman–Crippen LogP) is 1.26. The van der Waals surface area contributed by atoms with Gasteiger partial charge in [0.15, 0.2) is 0 Å². The number of aliphatic hydroxyl groups is 2. The monoisotopic (exact) mass is 516 g/mol. The molecule has 178 valence electrons. The van der Waals surface area contributed by atoms with Crippen LogP contribution in [0.1, 0.15) is 43.9 Å². The Morgan fingerprint density at radius 1 is 1.21 bits per heavy atom. The van der Waals surface area contributed by atoms with Crippen LogP contribution in [0, 0.1) is 17.8 Å². The quantitative estimate of drug-likeness (QED) is 0.379. The van der Waals surface area contributed by atoms with Gasteiger partial charge in [-0.3, -0.25) is 0 Å². The SMILES string of the molecule is CC(C)c1nc(N(C)S(C)(=O)=O)nc(-c2ccc(F)cc2)c1/C=C/[C@@H](O)C[C@@H](O)CC#C[O-].[Ca+2]. The van der Waals surface area contributed by atoms with Gasteiger partial charge in [0.2, 0.25) is 16.0 Å². The Morgan fingerprint density at radius 2 is 1.82 bits per heavy atom. The first-order chi connectivity index (χ1) is 15.4. The van der Waals surface area contributed by atoms with Crippen LogP contribution in [0.15, 0.2) is 30.3 Å². The van der Waals surface area contributed by atoms with Gasteiger partial charge in [-0.1, -0.05) is 26.0 Å². The summed E-state index contributed by atoms with van der Waals surface area (Å²) < 4.78 is 38.6. The van der Waals surface area contributed by atoms with E-state index in [2.05, 4.69) is 15.9 Å². The maximum Gasteiger partial charge on any atom is 2.00 e. The summed E-state index contributed by atoms with van der Waals surface area (Å²) in [6.45, 7) is 3.75. The minimum atomic E-state index is -3.63. The van der Waals surface area contributed by atoms with Crippen molar-refractivity contribution in [3.8, 4) is 23.3 Å². The van der Waals surface area contributed by atoms with E-state index in [1.807, 2.05) is 13.8 Å². The molecular formula is C23H27CaFN3O5S+. The van der Waals surface area contributed by atoms with E-state index in [9.17, 15) is 28.1 Å². The average Bonchev–Trinajstić information content (AvgIpc) is 2.75. The maximum absolute atomic E-state index is 13.5. The van der Waals surface area contributed by atoms with Gasteiger partial charge in [0.1, 0.15) is 5.82 Å². The molecule has 0 bridgehead atoms. The zero-order chi connectivity index (χ0) is 24.8. The summed E-state index contributed by atoms with van der Waals surface area (Å²) in [4.78, 5) is 8.89. The fourth-order valence-electron chi connectivity index (χ4n) is 3.00. The number of benzene rings is 1. The maximum atomic E-state index is 13.5. The summed E-state index contributed by atoms with van der Waals surface area (Å²) in [5.41, 5.74) is 1.94. The van der Waals surface area contributed by atoms with Crippen molar-refractivity contribution in [2.45, 2.75) is 44.8 Å². The molecule has 0 amide bonds. The number of halogens is 1. The standard InChI is InChI=1S/C23H28FN3O5S.Ca/c1-15(2)21-20(12-11-19(30)14-18(29)6-5-13-28)22(16-7-9-17(24)10-8-16)26-23(25-21)27(3)33(4,31)32;/h7-12,15,18-19,28-30H,6,14H2,1-4H3;/q;+2/p-1/b12-11+;/t18-,19+;/m0./s1. The number of sulfonamides is 1. The van der Waals surface area contributed by atoms with Crippen molar-refractivity contribution in [2.75, 3.05) is 17.6 Å². The van der Waals surface area contributed by atoms with E-state index in [1.165, 1.54) is 43.5 Å². The van der Waals surface area contributed by atoms with Crippen LogP contribution in [0.5, 0.6) is 0 Å². The second kappa shape index (κ2) is 13.4. The van der Waals surface area contributed by atoms with Crippen molar-refractivity contribution in [1.29, 1.82) is 0 Å². The molecule has 0 saturated carbocycles. The Kier molecular flexibility index (Phi) is 11.9. The van der Waals surface area contributed by atoms with Crippen molar-refractivity contribution >= 4 is 59.8 Å². The van der Waals surface area contributed by atoms with E-state index in [1.54, 1.807) is 6.08 Å². The number of hydrogen-bond donors (Lipinski definition) is 2. The molecule has 8 nitrogen and oxygen atoms in total. The fourth-order valence-corrected chi connectivity index (χ4v) is 3.38. The van der Waals surface area contributed by atoms with Gasteiger partial charge < -0.3 is 15.3 Å². The van der Waals surface area contributed by atoms with Crippen molar-refractivity contribution in [2.24, 2.45) is 0 Å². The first kappa shape index (κ1) is 30.3. The summed E-state index contributed by atoms with van der Waals surface area (Å²) in [6.07, 6.45) is 3.42. The Balaban J connectivity index is 0.00000578. The molecule has 0 aliphatic carbocycles. The normalized spacial score (nSPS) is 13.2. The van der Waals surface area contributed by atoms with Crippen LogP contribution in [0.25, 0.3) is 17.3 Å². The molecule has 1 aromatic carbocycles. The van der Waals surface area contributed by atoms with Crippen molar-refractivity contribution in [1.82, 2.24) is 9.97 Å². The third-order valence-corrected chi connectivity index (χ3v) is 5.97. The van der Waals surface area contributed by atoms with Gasteiger partial charge in [-0.25, -0.2) is 27.1 Å². The molecule has 2 rings (SSSR count). The molecule has 0 unspecified atom stereocenters. The van der Waals surface area contributed by atoms with Crippen LogP contribution >= 0.6 is 0 Å². The second-order valence-corrected chi connectivity index (χ2v) is 9.88. The smallest absolute Gasteiger partial charge is 0.833 e. The molecule has 0 radical (unpaired) electrons. The van der Waals surface area contributed by atoms with Gasteiger partial charge in [-0.05, 0) is 30.2 Å². The Bertz CT molecular complexity index is 1160. The molecule has 1 aromatic heterocycles. The molecule has 0 fully saturated rings. The van der Waals surface area contributed by atoms with E-state index in [0.717, 1.165) is 10.6 Å². The molecule has 11 heteroatoms. The molecule has 2 aromatic rings. The predicted molar refractivity (Wildman–Crippen MR) is 129 cm³/mol. The topological polar surface area (TPSA) is 127 Å². The Labute approximate surface area is 229 Å². The van der Waals surface area contributed by atoms with Crippen LogP contribution < -0.4 is 9.41 Å². The molecule has 0 saturated heterocycles. The molecule has 34 heavy (non-hydrogen) atoms. The number of anilines is 1. The molecule has 0 spiro atoms. The average molecular weight is 517 g/mol. The number of hydrogen-bond acceptors (Lipinski definition) is 7. The van der Waals surface area contributed by atoms with E-state index >= 15 is 0 Å². The van der Waals surface area contributed by atoms with Crippen LogP contribution in [-0.2, 0) is 10.0 Å². The van der Waals surface area contributed by atoms with Crippen LogP contribution in [0.2, 0.25) is 0 Å². The zero-order valence-electron chi connectivity index (χ0n) is 19.6. The molecule has 1 heterocycles. The van der Waals surface area contributed by atoms with Gasteiger partial charge >= 0.3 is 37.7 Å². The van der Waals surface area contributed by atoms with Crippen molar-refractivity contribution < 1.29 is 28.1 Å². The van der Waals surface area contributed by atoms with Crippen molar-refractivity contribution in [3.63, 3.8) is 0 Å². The summed E-state index contributed by atoms with van der Waals surface area (Å²) >= 11 is 0. The molecule has 0 aliphatic heterocycles. The Hall–Kier alpha value is -1.74. The minimum absolute atomic E-state index is 0. The minimum Gasteiger partial charge on any atom is -0.833 e. The second-order valence-electron chi connectivity index (χ2n) is 7.86. The molecule has 0 aliphatic rings. The van der Waals surface area contributed by atoms with Gasteiger partial charge in [-0.2, -0.15) is 6.11 Å². The van der Waals surface area contributed by atoms with Gasteiger partial charge in [0.05, 0.1) is 29.9 Å². The molecule has 2 N–H and O–H groups in total. The summed E-state index contributed by atoms with van der Waals surface area (Å²) in [5, 5.41) is 30.4. The van der Waals surface area contributed by atoms with E-state index in [0.29, 0.717) is 22.5 Å². The zero-order valence-corrected chi connectivity index (χ0v) is 22.6. The van der Waals surface area contributed by atoms with Crippen LogP contribution in [-0.4, -0.2) is 91.8 Å². The molecule has 2 atom stereocenters. The number of nitrogens with zero attached hydrogens (tertiary/aromatic N) is 3. The summed E-state index contributed by atoms with van der Waals surface area (Å²) in [6, 6.07) is 5.57. The van der Waals surface area contributed by atoms with Gasteiger partial charge in [0, 0.05) is 31.0 Å². The number of rotatable bonds is 9. The summed E-state index contributed by atoms with van der Waals surface area (Å²) in [5.74, 6) is 1.60. The largest absolute Gasteiger partial charge is 2.00 e. The van der Waals surface area contributed by atoms with Crippen LogP contribution in [0.4, 0.5) is 10.3 Å². The van der Waals surface area contributed by atoms with Gasteiger partial charge in [-0.15, -0.1) is 5.92 Å². The number of aliphatic hydroxyl groups excluding tert-OH is 2. The van der Waals surface area contributed by atoms with E-state index in [-0.39, 0.29) is 62.4 Å². The Morgan fingerprint density at radius 3 is 2.35 bits per heavy atom. The third kappa shape index (κ3) is 8.48. The molecular weight excluding hydrogens is 489 g/mol.